The van der Waals surface area contributed by atoms with E-state index >= 15 is 0 Å². The third kappa shape index (κ3) is 5.37. The highest BCUT2D eigenvalue weighted by Gasteiger charge is 2.35. The Morgan fingerprint density at radius 1 is 1.09 bits per heavy atom. The van der Waals surface area contributed by atoms with E-state index in [-0.39, 0.29) is 0 Å². The first kappa shape index (κ1) is 22.9. The van der Waals surface area contributed by atoms with E-state index in [0.29, 0.717) is 5.92 Å². The molecule has 4 rings (SSSR count). The molecule has 1 heterocycles. The van der Waals surface area contributed by atoms with E-state index in [4.69, 9.17) is 0 Å². The molecule has 0 N–H and O–H groups in total. The minimum atomic E-state index is 0.713. The highest BCUT2D eigenvalue weighted by molar-refractivity contribution is 5.69. The molecule has 32 heavy (non-hydrogen) atoms. The van der Waals surface area contributed by atoms with Crippen molar-refractivity contribution in [3.05, 3.63) is 88.7 Å². The summed E-state index contributed by atoms with van der Waals surface area (Å²) in [4.78, 5) is 2.58. The second kappa shape index (κ2) is 9.69. The molecule has 0 radical (unpaired) electrons. The van der Waals surface area contributed by atoms with Gasteiger partial charge >= 0.3 is 0 Å². The molecule has 3 aliphatic rings. The summed E-state index contributed by atoms with van der Waals surface area (Å²) in [5, 5.41) is 0. The first-order valence-corrected chi connectivity index (χ1v) is 12.6. The lowest BCUT2D eigenvalue weighted by atomic mass is 9.89. The molecule has 170 valence electrons. The van der Waals surface area contributed by atoms with Crippen molar-refractivity contribution in [1.29, 1.82) is 0 Å². The van der Waals surface area contributed by atoms with Gasteiger partial charge in [0.2, 0.25) is 0 Å². The monoisotopic (exact) mass is 427 g/mol. The Morgan fingerprint density at radius 3 is 2.34 bits per heavy atom. The molecule has 0 amide bonds. The summed E-state index contributed by atoms with van der Waals surface area (Å²) in [5.41, 5.74) is 10.7. The van der Waals surface area contributed by atoms with Gasteiger partial charge in [0.15, 0.2) is 0 Å². The van der Waals surface area contributed by atoms with Gasteiger partial charge in [-0.1, -0.05) is 80.0 Å². The van der Waals surface area contributed by atoms with Gasteiger partial charge in [0, 0.05) is 19.3 Å². The van der Waals surface area contributed by atoms with Gasteiger partial charge < -0.3 is 4.90 Å². The van der Waals surface area contributed by atoms with E-state index < -0.39 is 0 Å². The lowest BCUT2D eigenvalue weighted by molar-refractivity contribution is 0.323. The van der Waals surface area contributed by atoms with Gasteiger partial charge in [-0.2, -0.15) is 0 Å². The Morgan fingerprint density at radius 2 is 1.75 bits per heavy atom. The van der Waals surface area contributed by atoms with Crippen molar-refractivity contribution in [2.45, 2.75) is 66.2 Å². The highest BCUT2D eigenvalue weighted by Crippen LogP contribution is 2.46. The third-order valence-corrected chi connectivity index (χ3v) is 7.74. The average molecular weight is 428 g/mol. The summed E-state index contributed by atoms with van der Waals surface area (Å²) in [5.74, 6) is 2.36. The number of allylic oxidation sites excluding steroid dienone is 6. The molecular weight excluding hydrogens is 386 g/mol. The largest absolute Gasteiger partial charge is 0.373 e. The number of nitrogens with zero attached hydrogens (tertiary/aromatic N) is 1. The molecule has 2 fully saturated rings. The Labute approximate surface area is 196 Å². The molecule has 0 aromatic heterocycles. The second-order valence-corrected chi connectivity index (χ2v) is 10.8. The van der Waals surface area contributed by atoms with Crippen LogP contribution in [-0.4, -0.2) is 18.0 Å². The number of hydrogen-bond acceptors (Lipinski definition) is 1. The molecule has 1 aliphatic heterocycles. The number of aryl methyl sites for hydroxylation is 1. The van der Waals surface area contributed by atoms with E-state index in [1.54, 1.807) is 0 Å². The molecule has 1 nitrogen and oxygen atoms in total. The van der Waals surface area contributed by atoms with E-state index in [1.807, 2.05) is 0 Å². The normalized spacial score (nSPS) is 25.6. The molecule has 2 aliphatic carbocycles. The maximum absolute atomic E-state index is 4.53. The topological polar surface area (TPSA) is 3.24 Å². The lowest BCUT2D eigenvalue weighted by Gasteiger charge is -2.31. The van der Waals surface area contributed by atoms with Crippen LogP contribution >= 0.6 is 0 Å². The van der Waals surface area contributed by atoms with Crippen LogP contribution in [-0.2, 0) is 0 Å². The van der Waals surface area contributed by atoms with Crippen LogP contribution in [0.5, 0.6) is 0 Å². The molecular formula is C31H41N. The SMILES string of the molecule is C=C(C)/C(C(=C)/C=C1\CC(c2ccc(C)cc2)=CN(CC2CCCC2)C1)=C(/C)C1CC1C. The van der Waals surface area contributed by atoms with Gasteiger partial charge in [-0.25, -0.2) is 0 Å². The van der Waals surface area contributed by atoms with Gasteiger partial charge in [0.05, 0.1) is 0 Å². The molecule has 1 heteroatoms. The highest BCUT2D eigenvalue weighted by atomic mass is 15.1. The van der Waals surface area contributed by atoms with Crippen LogP contribution in [0.1, 0.15) is 70.4 Å². The van der Waals surface area contributed by atoms with Crippen molar-refractivity contribution < 1.29 is 0 Å². The summed E-state index contributed by atoms with van der Waals surface area (Å²) < 4.78 is 0. The maximum atomic E-state index is 4.53. The fraction of sp³-hybridized carbons (Fsp3) is 0.484. The van der Waals surface area contributed by atoms with E-state index in [9.17, 15) is 0 Å². The van der Waals surface area contributed by atoms with E-state index in [0.717, 1.165) is 35.9 Å². The summed E-state index contributed by atoms with van der Waals surface area (Å²) in [6, 6.07) is 9.03. The van der Waals surface area contributed by atoms with Crippen molar-refractivity contribution >= 4 is 5.57 Å². The van der Waals surface area contributed by atoms with E-state index in [2.05, 4.69) is 82.3 Å². The van der Waals surface area contributed by atoms with E-state index in [1.165, 1.54) is 72.1 Å². The third-order valence-electron chi connectivity index (χ3n) is 7.74. The number of rotatable bonds is 7. The van der Waals surface area contributed by atoms with Gasteiger partial charge in [0.1, 0.15) is 0 Å². The maximum Gasteiger partial charge on any atom is 0.0390 e. The molecule has 0 saturated heterocycles. The van der Waals surface area contributed by atoms with Crippen LogP contribution in [0.15, 0.2) is 77.6 Å². The number of hydrogen-bond donors (Lipinski definition) is 0. The quantitative estimate of drug-likeness (QED) is 0.396. The minimum Gasteiger partial charge on any atom is -0.373 e. The summed E-state index contributed by atoms with van der Waals surface area (Å²) >= 11 is 0. The van der Waals surface area contributed by atoms with Gasteiger partial charge in [-0.15, -0.1) is 0 Å². The fourth-order valence-electron chi connectivity index (χ4n) is 5.85. The van der Waals surface area contributed by atoms with Crippen molar-refractivity contribution in [3.63, 3.8) is 0 Å². The summed E-state index contributed by atoms with van der Waals surface area (Å²) in [7, 11) is 0. The minimum absolute atomic E-state index is 0.713. The standard InChI is InChI=1S/C31H41N/c1-21(2)31(25(6)30-16-23(30)4)24(5)15-27-17-29(28-13-11-22(3)12-14-28)20-32(19-27)18-26-9-7-8-10-26/h11-15,20,23,26,30H,1,5,7-10,16-19H2,2-4,6H3/b27-15+,31-25+. The van der Waals surface area contributed by atoms with Crippen molar-refractivity contribution in [1.82, 2.24) is 4.90 Å². The molecule has 2 unspecified atom stereocenters. The second-order valence-electron chi connectivity index (χ2n) is 10.8. The zero-order valence-corrected chi connectivity index (χ0v) is 20.7. The Bertz CT molecular complexity index is 962. The van der Waals surface area contributed by atoms with Crippen LogP contribution in [0.4, 0.5) is 0 Å². The Hall–Kier alpha value is -2.28. The van der Waals surface area contributed by atoms with Gasteiger partial charge in [-0.3, -0.25) is 0 Å². The van der Waals surface area contributed by atoms with Crippen LogP contribution in [0, 0.1) is 24.7 Å². The molecule has 2 saturated carbocycles. The zero-order chi connectivity index (χ0) is 22.8. The Balaban J connectivity index is 1.61. The molecule has 1 aromatic rings. The van der Waals surface area contributed by atoms with Gasteiger partial charge in [-0.05, 0) is 92.1 Å². The molecule has 1 aromatic carbocycles. The Kier molecular flexibility index (Phi) is 6.93. The molecule has 0 spiro atoms. The van der Waals surface area contributed by atoms with Crippen molar-refractivity contribution in [2.75, 3.05) is 13.1 Å². The van der Waals surface area contributed by atoms with Crippen LogP contribution in [0.25, 0.3) is 5.57 Å². The lowest BCUT2D eigenvalue weighted by Crippen LogP contribution is -2.29. The summed E-state index contributed by atoms with van der Waals surface area (Å²) in [6.45, 7) is 20.0. The smallest absolute Gasteiger partial charge is 0.0390 e. The molecule has 2 atom stereocenters. The predicted molar refractivity (Wildman–Crippen MR) is 139 cm³/mol. The predicted octanol–water partition coefficient (Wildman–Crippen LogP) is 8.26. The number of benzene rings is 1. The first-order valence-electron chi connectivity index (χ1n) is 12.6. The van der Waals surface area contributed by atoms with Crippen molar-refractivity contribution in [3.8, 4) is 0 Å². The average Bonchev–Trinajstić information content (AvgIpc) is 3.25. The first-order chi connectivity index (χ1) is 15.3. The van der Waals surface area contributed by atoms with Crippen LogP contribution in [0.2, 0.25) is 0 Å². The fourth-order valence-corrected chi connectivity index (χ4v) is 5.85. The van der Waals surface area contributed by atoms with Crippen LogP contribution in [0.3, 0.4) is 0 Å². The zero-order valence-electron chi connectivity index (χ0n) is 20.7. The summed E-state index contributed by atoms with van der Waals surface area (Å²) in [6.07, 6.45) is 12.7. The van der Waals surface area contributed by atoms with Crippen molar-refractivity contribution in [2.24, 2.45) is 17.8 Å². The van der Waals surface area contributed by atoms with Crippen LogP contribution < -0.4 is 0 Å². The molecule has 0 bridgehead atoms. The van der Waals surface area contributed by atoms with Gasteiger partial charge in [0.25, 0.3) is 0 Å².